The van der Waals surface area contributed by atoms with Crippen LogP contribution in [0.5, 0.6) is 0 Å². The quantitative estimate of drug-likeness (QED) is 0.872. The van der Waals surface area contributed by atoms with Gasteiger partial charge >= 0.3 is 0 Å². The number of carbonyl (C=O) groups excluding carboxylic acids is 1. The van der Waals surface area contributed by atoms with Gasteiger partial charge in [-0.1, -0.05) is 0 Å². The molecule has 0 saturated carbocycles. The Labute approximate surface area is 105 Å². The highest BCUT2D eigenvalue weighted by Crippen LogP contribution is 2.10. The van der Waals surface area contributed by atoms with Crippen molar-refractivity contribution >= 4 is 11.6 Å². The number of pyridine rings is 1. The average molecular weight is 237 g/mol. The van der Waals surface area contributed by atoms with Crippen LogP contribution in [-0.4, -0.2) is 10.9 Å². The summed E-state index contributed by atoms with van der Waals surface area (Å²) in [5.74, 6) is -0.204. The van der Waals surface area contributed by atoms with Crippen molar-refractivity contribution in [1.29, 1.82) is 5.26 Å². The second-order valence-electron chi connectivity index (χ2n) is 3.83. The highest BCUT2D eigenvalue weighted by molar-refractivity contribution is 6.04. The van der Waals surface area contributed by atoms with Crippen molar-refractivity contribution in [1.82, 2.24) is 4.98 Å². The Kier molecular flexibility index (Phi) is 3.35. The number of nitrogens with one attached hydrogen (secondary N) is 1. The third-order valence-electron chi connectivity index (χ3n) is 2.43. The van der Waals surface area contributed by atoms with Crippen molar-refractivity contribution in [2.45, 2.75) is 6.92 Å². The molecule has 0 bridgehead atoms. The lowest BCUT2D eigenvalue weighted by Gasteiger charge is -2.05. The van der Waals surface area contributed by atoms with E-state index in [2.05, 4.69) is 10.3 Å². The molecule has 0 aliphatic heterocycles. The van der Waals surface area contributed by atoms with E-state index in [-0.39, 0.29) is 5.91 Å². The molecule has 1 heterocycles. The molecule has 4 nitrogen and oxygen atoms in total. The number of amides is 1. The zero-order valence-electron chi connectivity index (χ0n) is 9.84. The van der Waals surface area contributed by atoms with Crippen molar-refractivity contribution in [2.24, 2.45) is 0 Å². The van der Waals surface area contributed by atoms with E-state index in [9.17, 15) is 4.79 Å². The maximum Gasteiger partial charge on any atom is 0.255 e. The first-order valence-corrected chi connectivity index (χ1v) is 5.43. The first-order chi connectivity index (χ1) is 8.69. The maximum atomic E-state index is 11.9. The second kappa shape index (κ2) is 5.11. The van der Waals surface area contributed by atoms with Gasteiger partial charge in [-0.2, -0.15) is 5.26 Å². The Bertz CT molecular complexity index is 612. The lowest BCUT2D eigenvalue weighted by molar-refractivity contribution is 0.102. The van der Waals surface area contributed by atoms with Gasteiger partial charge in [0.1, 0.15) is 0 Å². The summed E-state index contributed by atoms with van der Waals surface area (Å²) in [6.45, 7) is 1.86. The maximum absolute atomic E-state index is 11.9. The minimum Gasteiger partial charge on any atom is -0.322 e. The van der Waals surface area contributed by atoms with Crippen LogP contribution in [0.25, 0.3) is 0 Å². The highest BCUT2D eigenvalue weighted by atomic mass is 16.1. The molecule has 18 heavy (non-hydrogen) atoms. The molecule has 1 aromatic heterocycles. The van der Waals surface area contributed by atoms with Gasteiger partial charge in [-0.3, -0.25) is 9.78 Å². The zero-order valence-corrected chi connectivity index (χ0v) is 9.84. The summed E-state index contributed by atoms with van der Waals surface area (Å²) in [6, 6.07) is 12.0. The topological polar surface area (TPSA) is 65.8 Å². The standard InChI is InChI=1S/C14H11N3O/c1-10-8-13(6-7-16-10)17-14(18)12-4-2-11(9-15)3-5-12/h2-8H,1H3,(H,16,17,18). The van der Waals surface area contributed by atoms with Crippen molar-refractivity contribution in [3.05, 3.63) is 59.4 Å². The summed E-state index contributed by atoms with van der Waals surface area (Å²) in [6.07, 6.45) is 1.64. The molecular weight excluding hydrogens is 226 g/mol. The van der Waals surface area contributed by atoms with Crippen molar-refractivity contribution in [3.8, 4) is 6.07 Å². The van der Waals surface area contributed by atoms with Crippen molar-refractivity contribution in [2.75, 3.05) is 5.32 Å². The largest absolute Gasteiger partial charge is 0.322 e. The fourth-order valence-electron chi connectivity index (χ4n) is 1.52. The molecule has 4 heteroatoms. The zero-order chi connectivity index (χ0) is 13.0. The van der Waals surface area contributed by atoms with Crippen LogP contribution in [0, 0.1) is 18.3 Å². The number of benzene rings is 1. The Balaban J connectivity index is 2.14. The van der Waals surface area contributed by atoms with Crippen LogP contribution in [0.3, 0.4) is 0 Å². The highest BCUT2D eigenvalue weighted by Gasteiger charge is 2.05. The molecule has 88 valence electrons. The van der Waals surface area contributed by atoms with Gasteiger partial charge in [-0.05, 0) is 43.3 Å². The Morgan fingerprint density at radius 3 is 2.61 bits per heavy atom. The van der Waals surface area contributed by atoms with Gasteiger partial charge < -0.3 is 5.32 Å². The minimum absolute atomic E-state index is 0.204. The first-order valence-electron chi connectivity index (χ1n) is 5.43. The number of rotatable bonds is 2. The van der Waals surface area contributed by atoms with Crippen molar-refractivity contribution in [3.63, 3.8) is 0 Å². The van der Waals surface area contributed by atoms with E-state index < -0.39 is 0 Å². The summed E-state index contributed by atoms with van der Waals surface area (Å²) in [7, 11) is 0. The normalized spacial score (nSPS) is 9.56. The number of anilines is 1. The van der Waals surface area contributed by atoms with Gasteiger partial charge in [-0.15, -0.1) is 0 Å². The summed E-state index contributed by atoms with van der Waals surface area (Å²) in [4.78, 5) is 16.0. The van der Waals surface area contributed by atoms with Gasteiger partial charge in [0.2, 0.25) is 0 Å². The lowest BCUT2D eigenvalue weighted by Crippen LogP contribution is -2.11. The summed E-state index contributed by atoms with van der Waals surface area (Å²) >= 11 is 0. The molecule has 1 N–H and O–H groups in total. The fourth-order valence-corrected chi connectivity index (χ4v) is 1.52. The number of aromatic nitrogens is 1. The summed E-state index contributed by atoms with van der Waals surface area (Å²) < 4.78 is 0. The SMILES string of the molecule is Cc1cc(NC(=O)c2ccc(C#N)cc2)ccn1. The number of nitrogens with zero attached hydrogens (tertiary/aromatic N) is 2. The van der Waals surface area contributed by atoms with E-state index in [1.54, 1.807) is 42.6 Å². The van der Waals surface area contributed by atoms with Gasteiger partial charge in [-0.25, -0.2) is 0 Å². The number of hydrogen-bond donors (Lipinski definition) is 1. The molecule has 0 fully saturated rings. The van der Waals surface area contributed by atoms with Crippen LogP contribution in [0.1, 0.15) is 21.6 Å². The van der Waals surface area contributed by atoms with E-state index in [0.29, 0.717) is 16.8 Å². The predicted molar refractivity (Wildman–Crippen MR) is 68.1 cm³/mol. The molecule has 1 amide bonds. The lowest BCUT2D eigenvalue weighted by atomic mass is 10.1. The second-order valence-corrected chi connectivity index (χ2v) is 3.83. The monoisotopic (exact) mass is 237 g/mol. The number of hydrogen-bond acceptors (Lipinski definition) is 3. The Morgan fingerprint density at radius 1 is 1.28 bits per heavy atom. The molecule has 0 spiro atoms. The molecule has 2 rings (SSSR count). The summed E-state index contributed by atoms with van der Waals surface area (Å²) in [5.41, 5.74) is 2.60. The van der Waals surface area contributed by atoms with Crippen LogP contribution < -0.4 is 5.32 Å². The van der Waals surface area contributed by atoms with Crippen LogP contribution >= 0.6 is 0 Å². The number of nitriles is 1. The third kappa shape index (κ3) is 2.71. The predicted octanol–water partition coefficient (Wildman–Crippen LogP) is 2.51. The van der Waals surface area contributed by atoms with Gasteiger partial charge in [0.25, 0.3) is 5.91 Å². The van der Waals surface area contributed by atoms with Crippen LogP contribution in [-0.2, 0) is 0 Å². The first kappa shape index (κ1) is 11.8. The van der Waals surface area contributed by atoms with E-state index in [1.165, 1.54) is 0 Å². The summed E-state index contributed by atoms with van der Waals surface area (Å²) in [5, 5.41) is 11.4. The molecule has 2 aromatic rings. The molecule has 1 aromatic carbocycles. The Hall–Kier alpha value is -2.67. The molecule has 0 aliphatic rings. The molecule has 0 aliphatic carbocycles. The smallest absolute Gasteiger partial charge is 0.255 e. The van der Waals surface area contributed by atoms with Crippen LogP contribution in [0.4, 0.5) is 5.69 Å². The number of aryl methyl sites for hydroxylation is 1. The van der Waals surface area contributed by atoms with E-state index in [0.717, 1.165) is 5.69 Å². The minimum atomic E-state index is -0.204. The Morgan fingerprint density at radius 2 is 2.00 bits per heavy atom. The van der Waals surface area contributed by atoms with Gasteiger partial charge in [0.15, 0.2) is 0 Å². The molecule has 0 unspecified atom stereocenters. The molecule has 0 radical (unpaired) electrons. The van der Waals surface area contributed by atoms with E-state index in [1.807, 2.05) is 13.0 Å². The molecule has 0 atom stereocenters. The van der Waals surface area contributed by atoms with Gasteiger partial charge in [0, 0.05) is 23.1 Å². The van der Waals surface area contributed by atoms with E-state index >= 15 is 0 Å². The average Bonchev–Trinajstić information content (AvgIpc) is 2.39. The van der Waals surface area contributed by atoms with Gasteiger partial charge in [0.05, 0.1) is 11.6 Å². The third-order valence-corrected chi connectivity index (χ3v) is 2.43. The molecular formula is C14H11N3O. The van der Waals surface area contributed by atoms with Crippen LogP contribution in [0.2, 0.25) is 0 Å². The van der Waals surface area contributed by atoms with E-state index in [4.69, 9.17) is 5.26 Å². The number of carbonyl (C=O) groups is 1. The molecule has 0 saturated heterocycles. The fraction of sp³-hybridized carbons (Fsp3) is 0.0714. The van der Waals surface area contributed by atoms with Crippen LogP contribution in [0.15, 0.2) is 42.6 Å². The van der Waals surface area contributed by atoms with Crippen molar-refractivity contribution < 1.29 is 4.79 Å².